The first-order valence-corrected chi connectivity index (χ1v) is 14.7. The second-order valence-electron chi connectivity index (χ2n) is 13.6. The molecule has 6 rings (SSSR count). The Morgan fingerprint density at radius 2 is 1.84 bits per heavy atom. The van der Waals surface area contributed by atoms with E-state index in [1.54, 1.807) is 0 Å². The smallest absolute Gasteiger partial charge is 0.253 e. The van der Waals surface area contributed by atoms with Crippen LogP contribution in [-0.4, -0.2) is 47.5 Å². The molecule has 0 atom stereocenters. The molecule has 0 unspecified atom stereocenters. The van der Waals surface area contributed by atoms with Crippen LogP contribution in [0, 0.1) is 12.8 Å². The molecule has 3 fully saturated rings. The predicted octanol–water partition coefficient (Wildman–Crippen LogP) is 5.65. The number of nitrogens with zero attached hydrogens (tertiary/aromatic N) is 1. The van der Waals surface area contributed by atoms with E-state index in [1.165, 1.54) is 61.6 Å². The topological polar surface area (TPSA) is 72.7 Å². The molecule has 1 spiro atoms. The lowest BCUT2D eigenvalue weighted by atomic mass is 9.79. The third-order valence-corrected chi connectivity index (χ3v) is 9.54. The summed E-state index contributed by atoms with van der Waals surface area (Å²) in [6, 6.07) is 6.79. The number of hydrogen-bond acceptors (Lipinski definition) is 4. The van der Waals surface area contributed by atoms with Gasteiger partial charge in [0.25, 0.3) is 5.91 Å². The predicted molar refractivity (Wildman–Crippen MR) is 149 cm³/mol. The van der Waals surface area contributed by atoms with Crippen molar-refractivity contribution in [3.63, 3.8) is 0 Å². The van der Waals surface area contributed by atoms with Crippen LogP contribution in [-0.2, 0) is 22.1 Å². The summed E-state index contributed by atoms with van der Waals surface area (Å²) in [4.78, 5) is 13.4. The number of aromatic nitrogens is 1. The van der Waals surface area contributed by atoms with Crippen LogP contribution < -0.4 is 10.1 Å². The van der Waals surface area contributed by atoms with Crippen molar-refractivity contribution in [1.82, 2.24) is 9.88 Å². The van der Waals surface area contributed by atoms with Gasteiger partial charge in [0.1, 0.15) is 11.4 Å². The quantitative estimate of drug-likeness (QED) is 0.517. The van der Waals surface area contributed by atoms with Crippen LogP contribution in [0.2, 0.25) is 0 Å². The van der Waals surface area contributed by atoms with E-state index in [4.69, 9.17) is 9.47 Å². The van der Waals surface area contributed by atoms with Gasteiger partial charge in [0.15, 0.2) is 0 Å². The number of nitrogens with one attached hydrogen (secondary N) is 1. The van der Waals surface area contributed by atoms with Gasteiger partial charge in [-0.25, -0.2) is 0 Å². The van der Waals surface area contributed by atoms with Crippen molar-refractivity contribution in [3.05, 3.63) is 40.6 Å². The lowest BCUT2D eigenvalue weighted by Gasteiger charge is -2.36. The molecular weight excluding hydrogens is 476 g/mol. The fourth-order valence-electron chi connectivity index (χ4n) is 6.79. The van der Waals surface area contributed by atoms with Gasteiger partial charge in [0, 0.05) is 34.5 Å². The van der Waals surface area contributed by atoms with Gasteiger partial charge in [0.2, 0.25) is 0 Å². The van der Waals surface area contributed by atoms with E-state index in [1.807, 2.05) is 0 Å². The minimum absolute atomic E-state index is 0.0517. The van der Waals surface area contributed by atoms with E-state index in [0.717, 1.165) is 36.7 Å². The number of carbonyl (C=O) groups excluding carboxylic acids is 1. The summed E-state index contributed by atoms with van der Waals surface area (Å²) in [5.74, 6) is 1.61. The minimum Gasteiger partial charge on any atom is -0.493 e. The van der Waals surface area contributed by atoms with Crippen molar-refractivity contribution in [2.45, 2.75) is 102 Å². The van der Waals surface area contributed by atoms with Gasteiger partial charge in [-0.2, -0.15) is 0 Å². The molecule has 2 aromatic rings. The number of ether oxygens (including phenoxy) is 2. The Morgan fingerprint density at radius 3 is 2.47 bits per heavy atom. The Labute approximate surface area is 227 Å². The summed E-state index contributed by atoms with van der Waals surface area (Å²) in [7, 11) is 0. The molecule has 0 bridgehead atoms. The highest BCUT2D eigenvalue weighted by Crippen LogP contribution is 2.58. The first kappa shape index (κ1) is 25.9. The standard InChI is InChI=1S/C32H44N2O4/c1-21-24(29(35)33-18-32(36)19-37-20-32)16-27(34(21)17-22-8-6-5-7-9-22)23-14-25(30(2,3)4)28-26(15-23)31(10-11-31)12-13-38-28/h14-16,22,36H,5-13,17-20H2,1-4H3,(H,33,35). The molecule has 4 aliphatic rings. The zero-order chi connectivity index (χ0) is 26.7. The van der Waals surface area contributed by atoms with Crippen molar-refractivity contribution in [2.24, 2.45) is 5.92 Å². The molecule has 0 radical (unpaired) electrons. The number of carbonyl (C=O) groups is 1. The molecule has 2 aliphatic heterocycles. The highest BCUT2D eigenvalue weighted by atomic mass is 16.5. The molecule has 3 heterocycles. The Kier molecular flexibility index (Phi) is 6.42. The van der Waals surface area contributed by atoms with Gasteiger partial charge < -0.3 is 24.5 Å². The molecule has 38 heavy (non-hydrogen) atoms. The highest BCUT2D eigenvalue weighted by molar-refractivity contribution is 5.97. The average molecular weight is 521 g/mol. The number of amides is 1. The molecular formula is C32H44N2O4. The van der Waals surface area contributed by atoms with E-state index < -0.39 is 5.60 Å². The van der Waals surface area contributed by atoms with Crippen LogP contribution in [0.3, 0.4) is 0 Å². The lowest BCUT2D eigenvalue weighted by Crippen LogP contribution is -2.56. The molecule has 1 amide bonds. The summed E-state index contributed by atoms with van der Waals surface area (Å²) in [6.07, 6.45) is 9.98. The third-order valence-electron chi connectivity index (χ3n) is 9.54. The van der Waals surface area contributed by atoms with E-state index in [2.05, 4.69) is 55.8 Å². The zero-order valence-corrected chi connectivity index (χ0v) is 23.6. The molecule has 1 aromatic carbocycles. The summed E-state index contributed by atoms with van der Waals surface area (Å²) >= 11 is 0. The minimum atomic E-state index is -0.949. The van der Waals surface area contributed by atoms with Crippen LogP contribution in [0.1, 0.15) is 99.3 Å². The number of rotatable bonds is 6. The second kappa shape index (κ2) is 9.41. The summed E-state index contributed by atoms with van der Waals surface area (Å²) in [5, 5.41) is 13.4. The van der Waals surface area contributed by atoms with E-state index in [9.17, 15) is 9.90 Å². The second-order valence-corrected chi connectivity index (χ2v) is 13.6. The maximum absolute atomic E-state index is 13.4. The lowest BCUT2D eigenvalue weighted by molar-refractivity contribution is -0.173. The fraction of sp³-hybridized carbons (Fsp3) is 0.656. The van der Waals surface area contributed by atoms with Crippen molar-refractivity contribution in [1.29, 1.82) is 0 Å². The molecule has 1 saturated heterocycles. The van der Waals surface area contributed by atoms with Crippen molar-refractivity contribution in [2.75, 3.05) is 26.4 Å². The molecule has 206 valence electrons. The number of benzene rings is 1. The zero-order valence-electron chi connectivity index (χ0n) is 23.6. The first-order valence-electron chi connectivity index (χ1n) is 14.7. The van der Waals surface area contributed by atoms with Gasteiger partial charge in [0.05, 0.1) is 31.9 Å². The molecule has 6 heteroatoms. The Balaban J connectivity index is 1.43. The monoisotopic (exact) mass is 520 g/mol. The van der Waals surface area contributed by atoms with Crippen molar-refractivity contribution >= 4 is 5.91 Å². The largest absolute Gasteiger partial charge is 0.493 e. The SMILES string of the molecule is Cc1c(C(=O)NCC2(O)COC2)cc(-c2cc(C(C)(C)C)c3c(c2)C2(CCO3)CC2)n1CC1CCCCC1. The van der Waals surface area contributed by atoms with Crippen LogP contribution >= 0.6 is 0 Å². The van der Waals surface area contributed by atoms with E-state index in [-0.39, 0.29) is 36.5 Å². The number of aliphatic hydroxyl groups is 1. The summed E-state index contributed by atoms with van der Waals surface area (Å²) in [5.41, 5.74) is 5.91. The third kappa shape index (κ3) is 4.68. The van der Waals surface area contributed by atoms with Crippen LogP contribution in [0.25, 0.3) is 11.3 Å². The Morgan fingerprint density at radius 1 is 1.11 bits per heavy atom. The van der Waals surface area contributed by atoms with Crippen molar-refractivity contribution in [3.8, 4) is 17.0 Å². The van der Waals surface area contributed by atoms with E-state index in [0.29, 0.717) is 11.5 Å². The number of fused-ring (bicyclic) bond motifs is 2. The Hall–Kier alpha value is -2.31. The summed E-state index contributed by atoms with van der Waals surface area (Å²) < 4.78 is 13.9. The molecule has 6 nitrogen and oxygen atoms in total. The van der Waals surface area contributed by atoms with Gasteiger partial charge in [-0.15, -0.1) is 0 Å². The normalized spacial score (nSPS) is 21.9. The Bertz CT molecular complexity index is 1210. The number of hydrogen-bond donors (Lipinski definition) is 2. The van der Waals surface area contributed by atoms with Gasteiger partial charge in [-0.05, 0) is 74.1 Å². The fourth-order valence-corrected chi connectivity index (χ4v) is 6.79. The van der Waals surface area contributed by atoms with Gasteiger partial charge in [-0.1, -0.05) is 40.0 Å². The molecule has 2 aliphatic carbocycles. The van der Waals surface area contributed by atoms with Crippen LogP contribution in [0.5, 0.6) is 5.75 Å². The van der Waals surface area contributed by atoms with Gasteiger partial charge >= 0.3 is 0 Å². The molecule has 2 saturated carbocycles. The van der Waals surface area contributed by atoms with Crippen molar-refractivity contribution < 1.29 is 19.4 Å². The highest BCUT2D eigenvalue weighted by Gasteiger charge is 2.49. The molecule has 1 aromatic heterocycles. The maximum atomic E-state index is 13.4. The average Bonchev–Trinajstić information content (AvgIpc) is 3.57. The van der Waals surface area contributed by atoms with Gasteiger partial charge in [-0.3, -0.25) is 4.79 Å². The van der Waals surface area contributed by atoms with Crippen LogP contribution in [0.15, 0.2) is 18.2 Å². The van der Waals surface area contributed by atoms with Crippen LogP contribution in [0.4, 0.5) is 0 Å². The van der Waals surface area contributed by atoms with E-state index >= 15 is 0 Å². The molecule has 2 N–H and O–H groups in total. The first-order chi connectivity index (χ1) is 18.1. The summed E-state index contributed by atoms with van der Waals surface area (Å²) in [6.45, 7) is 11.4. The maximum Gasteiger partial charge on any atom is 0.253 e.